The molecule has 0 aromatic rings. The van der Waals surface area contributed by atoms with Crippen molar-refractivity contribution in [3.05, 3.63) is 0 Å². The largest absolute Gasteiger partial charge is 0.481 e. The van der Waals surface area contributed by atoms with Crippen LogP contribution >= 0.6 is 0 Å². The minimum absolute atomic E-state index is 0.0404. The lowest BCUT2D eigenvalue weighted by molar-refractivity contribution is -0.137. The lowest BCUT2D eigenvalue weighted by Crippen LogP contribution is -2.42. The summed E-state index contributed by atoms with van der Waals surface area (Å²) in [5.41, 5.74) is -0.148. The number of nitrogens with zero attached hydrogens (tertiary/aromatic N) is 1. The number of carbonyl (C=O) groups excluding carboxylic acids is 2. The predicted octanol–water partition coefficient (Wildman–Crippen LogP) is 0.655. The molecule has 0 fully saturated rings. The lowest BCUT2D eigenvalue weighted by atomic mass is 9.84. The van der Waals surface area contributed by atoms with Crippen molar-refractivity contribution < 1.29 is 19.5 Å². The maximum absolute atomic E-state index is 11.4. The van der Waals surface area contributed by atoms with Gasteiger partial charge in [0.1, 0.15) is 0 Å². The second kappa shape index (κ2) is 8.39. The monoisotopic (exact) mass is 287 g/mol. The molecule has 20 heavy (non-hydrogen) atoms. The Hall–Kier alpha value is -1.79. The number of rotatable bonds is 8. The van der Waals surface area contributed by atoms with E-state index >= 15 is 0 Å². The average molecular weight is 287 g/mol. The number of hydrogen-bond donors (Lipinski definition) is 3. The van der Waals surface area contributed by atoms with E-state index in [0.717, 1.165) is 0 Å². The molecule has 7 nitrogen and oxygen atoms in total. The predicted molar refractivity (Wildman–Crippen MR) is 75.4 cm³/mol. The molecule has 0 aliphatic carbocycles. The van der Waals surface area contributed by atoms with Crippen molar-refractivity contribution in [1.29, 1.82) is 0 Å². The fraction of sp³-hybridized carbons (Fsp3) is 0.769. The molecular weight excluding hydrogens is 262 g/mol. The van der Waals surface area contributed by atoms with E-state index in [4.69, 9.17) is 5.11 Å². The summed E-state index contributed by atoms with van der Waals surface area (Å²) in [7, 11) is 3.24. The number of nitrogens with one attached hydrogen (secondary N) is 2. The van der Waals surface area contributed by atoms with Gasteiger partial charge in [-0.15, -0.1) is 0 Å². The zero-order valence-corrected chi connectivity index (χ0v) is 12.7. The topological polar surface area (TPSA) is 98.7 Å². The molecule has 0 spiro atoms. The normalized spacial score (nSPS) is 10.8. The number of carbonyl (C=O) groups is 3. The van der Waals surface area contributed by atoms with Crippen LogP contribution < -0.4 is 10.6 Å². The summed E-state index contributed by atoms with van der Waals surface area (Å²) in [6.45, 7) is 4.33. The molecule has 3 N–H and O–H groups in total. The molecule has 0 aliphatic heterocycles. The van der Waals surface area contributed by atoms with Crippen molar-refractivity contribution in [3.8, 4) is 0 Å². The fourth-order valence-corrected chi connectivity index (χ4v) is 1.46. The zero-order valence-electron chi connectivity index (χ0n) is 12.7. The molecule has 0 heterocycles. The van der Waals surface area contributed by atoms with Crippen molar-refractivity contribution in [2.45, 2.75) is 33.1 Å². The summed E-state index contributed by atoms with van der Waals surface area (Å²) in [6.07, 6.45) is 1.36. The number of amides is 3. The number of hydrogen-bond acceptors (Lipinski definition) is 3. The van der Waals surface area contributed by atoms with Crippen molar-refractivity contribution in [1.82, 2.24) is 15.5 Å². The fourth-order valence-electron chi connectivity index (χ4n) is 1.46. The molecular formula is C13H25N3O4. The Kier molecular flexibility index (Phi) is 7.64. The zero-order chi connectivity index (χ0) is 15.8. The molecule has 0 aromatic heterocycles. The van der Waals surface area contributed by atoms with Gasteiger partial charge in [0.05, 0.1) is 6.54 Å². The van der Waals surface area contributed by atoms with E-state index in [0.29, 0.717) is 19.4 Å². The van der Waals surface area contributed by atoms with Crippen LogP contribution in [0.1, 0.15) is 33.1 Å². The maximum Gasteiger partial charge on any atom is 0.315 e. The molecule has 7 heteroatoms. The van der Waals surface area contributed by atoms with Gasteiger partial charge in [0.25, 0.3) is 0 Å². The van der Waals surface area contributed by atoms with Gasteiger partial charge in [-0.1, -0.05) is 13.8 Å². The molecule has 0 rings (SSSR count). The van der Waals surface area contributed by atoms with Crippen LogP contribution in [-0.4, -0.2) is 55.1 Å². The minimum Gasteiger partial charge on any atom is -0.481 e. The van der Waals surface area contributed by atoms with Crippen LogP contribution in [0.25, 0.3) is 0 Å². The molecule has 0 aromatic carbocycles. The molecule has 0 aliphatic rings. The smallest absolute Gasteiger partial charge is 0.315 e. The third kappa shape index (κ3) is 9.18. The van der Waals surface area contributed by atoms with Gasteiger partial charge in [0.15, 0.2) is 0 Å². The highest BCUT2D eigenvalue weighted by Gasteiger charge is 2.19. The van der Waals surface area contributed by atoms with E-state index in [9.17, 15) is 14.4 Å². The number of carboxylic acid groups (broad SMARTS) is 1. The minimum atomic E-state index is -0.814. The highest BCUT2D eigenvalue weighted by atomic mass is 16.4. The van der Waals surface area contributed by atoms with Crippen molar-refractivity contribution in [2.24, 2.45) is 5.41 Å². The van der Waals surface area contributed by atoms with E-state index in [-0.39, 0.29) is 24.3 Å². The maximum atomic E-state index is 11.4. The van der Waals surface area contributed by atoms with E-state index < -0.39 is 12.0 Å². The summed E-state index contributed by atoms with van der Waals surface area (Å²) in [5, 5.41) is 13.8. The van der Waals surface area contributed by atoms with Crippen LogP contribution in [0.2, 0.25) is 0 Å². The number of carboxylic acids is 1. The second-order valence-electron chi connectivity index (χ2n) is 5.71. The molecule has 0 radical (unpaired) electrons. The van der Waals surface area contributed by atoms with Gasteiger partial charge in [-0.2, -0.15) is 0 Å². The Morgan fingerprint density at radius 3 is 2.20 bits per heavy atom. The highest BCUT2D eigenvalue weighted by Crippen LogP contribution is 2.25. The molecule has 116 valence electrons. The number of urea groups is 1. The van der Waals surface area contributed by atoms with Crippen LogP contribution in [-0.2, 0) is 9.59 Å². The quantitative estimate of drug-likeness (QED) is 0.610. The average Bonchev–Trinajstić information content (AvgIpc) is 2.33. The van der Waals surface area contributed by atoms with Gasteiger partial charge >= 0.3 is 12.0 Å². The molecule has 0 atom stereocenters. The van der Waals surface area contributed by atoms with Crippen molar-refractivity contribution >= 4 is 17.9 Å². The first-order chi connectivity index (χ1) is 9.14. The molecule has 3 amide bonds. The van der Waals surface area contributed by atoms with Crippen LogP contribution in [0.5, 0.6) is 0 Å². The van der Waals surface area contributed by atoms with Gasteiger partial charge in [0, 0.05) is 27.1 Å². The van der Waals surface area contributed by atoms with E-state index in [1.165, 1.54) is 4.90 Å². The van der Waals surface area contributed by atoms with Gasteiger partial charge in [-0.3, -0.25) is 9.59 Å². The Bertz CT molecular complexity index is 354. The highest BCUT2D eigenvalue weighted by molar-refractivity contribution is 5.83. The summed E-state index contributed by atoms with van der Waals surface area (Å²) in [6, 6.07) is -0.394. The number of aliphatic carboxylic acids is 1. The van der Waals surface area contributed by atoms with Crippen molar-refractivity contribution in [3.63, 3.8) is 0 Å². The third-order valence-electron chi connectivity index (χ3n) is 3.00. The standard InChI is InChI=1S/C13H25N3O4/c1-13(2,6-5-11(18)19)7-8-14-12(20)15-9-10(17)16(3)4/h5-9H2,1-4H3,(H,18,19)(H2,14,15,20). The Labute approximate surface area is 119 Å². The summed E-state index contributed by atoms with van der Waals surface area (Å²) < 4.78 is 0. The first-order valence-corrected chi connectivity index (χ1v) is 6.58. The summed E-state index contributed by atoms with van der Waals surface area (Å²) >= 11 is 0. The van der Waals surface area contributed by atoms with Gasteiger partial charge in [-0.05, 0) is 18.3 Å². The third-order valence-corrected chi connectivity index (χ3v) is 3.00. The van der Waals surface area contributed by atoms with Gasteiger partial charge < -0.3 is 20.6 Å². The van der Waals surface area contributed by atoms with Crippen LogP contribution in [0, 0.1) is 5.41 Å². The van der Waals surface area contributed by atoms with Crippen LogP contribution in [0.3, 0.4) is 0 Å². The second-order valence-corrected chi connectivity index (χ2v) is 5.71. The molecule has 0 saturated carbocycles. The van der Waals surface area contributed by atoms with Crippen LogP contribution in [0.4, 0.5) is 4.79 Å². The first kappa shape index (κ1) is 18.2. The van der Waals surface area contributed by atoms with Crippen LogP contribution in [0.15, 0.2) is 0 Å². The molecule has 0 unspecified atom stereocenters. The van der Waals surface area contributed by atoms with E-state index in [2.05, 4.69) is 10.6 Å². The SMILES string of the molecule is CN(C)C(=O)CNC(=O)NCCC(C)(C)CCC(=O)O. The van der Waals surface area contributed by atoms with E-state index in [1.54, 1.807) is 14.1 Å². The summed E-state index contributed by atoms with van der Waals surface area (Å²) in [4.78, 5) is 34.6. The molecule has 0 bridgehead atoms. The molecule has 0 saturated heterocycles. The Morgan fingerprint density at radius 1 is 1.10 bits per heavy atom. The van der Waals surface area contributed by atoms with Gasteiger partial charge in [0.2, 0.25) is 5.91 Å². The van der Waals surface area contributed by atoms with E-state index in [1.807, 2.05) is 13.8 Å². The van der Waals surface area contributed by atoms with Crippen molar-refractivity contribution in [2.75, 3.05) is 27.2 Å². The number of likely N-dealkylation sites (N-methyl/N-ethyl adjacent to an activating group) is 1. The Balaban J connectivity index is 3.85. The Morgan fingerprint density at radius 2 is 1.70 bits per heavy atom. The first-order valence-electron chi connectivity index (χ1n) is 6.58. The summed E-state index contributed by atoms with van der Waals surface area (Å²) in [5.74, 6) is -0.993. The lowest BCUT2D eigenvalue weighted by Gasteiger charge is -2.23. The van der Waals surface area contributed by atoms with Gasteiger partial charge in [-0.25, -0.2) is 4.79 Å².